The number of aryl methyl sites for hydroxylation is 2. The quantitative estimate of drug-likeness (QED) is 0.841. The van der Waals surface area contributed by atoms with E-state index < -0.39 is 0 Å². The first-order valence-electron chi connectivity index (χ1n) is 7.87. The summed E-state index contributed by atoms with van der Waals surface area (Å²) in [4.78, 5) is 11.3. The van der Waals surface area contributed by atoms with Crippen molar-refractivity contribution < 1.29 is 0 Å². The van der Waals surface area contributed by atoms with Gasteiger partial charge in [-0.2, -0.15) is 0 Å². The Morgan fingerprint density at radius 3 is 2.95 bits per heavy atom. The zero-order valence-electron chi connectivity index (χ0n) is 12.7. The Bertz CT molecular complexity index is 568. The zero-order valence-corrected chi connectivity index (χ0v) is 12.7. The minimum Gasteiger partial charge on any atom is -0.295 e. The summed E-state index contributed by atoms with van der Waals surface area (Å²) in [6.45, 7) is 4.25. The van der Waals surface area contributed by atoms with Crippen molar-refractivity contribution in [2.75, 3.05) is 6.54 Å². The second kappa shape index (κ2) is 6.81. The molecule has 1 atom stereocenters. The van der Waals surface area contributed by atoms with Crippen molar-refractivity contribution in [3.63, 3.8) is 0 Å². The molecule has 0 radical (unpaired) electrons. The van der Waals surface area contributed by atoms with E-state index in [1.54, 1.807) is 0 Å². The molecule has 3 heterocycles. The lowest BCUT2D eigenvalue weighted by Gasteiger charge is -2.24. The highest BCUT2D eigenvalue weighted by Gasteiger charge is 2.24. The average Bonchev–Trinajstić information content (AvgIpc) is 2.93. The summed E-state index contributed by atoms with van der Waals surface area (Å²) in [5, 5.41) is 0. The highest BCUT2D eigenvalue weighted by molar-refractivity contribution is 5.15. The molecular weight excluding hydrogens is 258 g/mol. The number of rotatable bonds is 5. The third-order valence-corrected chi connectivity index (χ3v) is 4.32. The van der Waals surface area contributed by atoms with Crippen LogP contribution in [0.3, 0.4) is 0 Å². The molecule has 0 aromatic carbocycles. The van der Waals surface area contributed by atoms with Gasteiger partial charge in [0, 0.05) is 30.7 Å². The molecule has 2 aromatic rings. The van der Waals surface area contributed by atoms with Gasteiger partial charge in [-0.25, -0.2) is 0 Å². The van der Waals surface area contributed by atoms with Crippen LogP contribution in [-0.2, 0) is 13.0 Å². The lowest BCUT2D eigenvalue weighted by Crippen LogP contribution is -2.29. The van der Waals surface area contributed by atoms with Crippen molar-refractivity contribution in [3.05, 3.63) is 59.7 Å². The standard InChI is InChI=1S/C18H23N3/c1-15-13-16(9-11-19-15)7-8-18-6-4-12-21(18)14-17-5-2-3-10-20-17/h2-3,5,9-11,13,18H,4,6-8,12,14H2,1H3/t18-/m0/s1. The molecule has 0 spiro atoms. The molecule has 0 bridgehead atoms. The van der Waals surface area contributed by atoms with Crippen LogP contribution >= 0.6 is 0 Å². The molecule has 1 fully saturated rings. The van der Waals surface area contributed by atoms with Crippen molar-refractivity contribution in [1.29, 1.82) is 0 Å². The maximum atomic E-state index is 4.46. The number of pyridine rings is 2. The van der Waals surface area contributed by atoms with Gasteiger partial charge in [0.25, 0.3) is 0 Å². The zero-order chi connectivity index (χ0) is 14.5. The topological polar surface area (TPSA) is 29.0 Å². The van der Waals surface area contributed by atoms with Crippen LogP contribution in [0.4, 0.5) is 0 Å². The molecule has 110 valence electrons. The Morgan fingerprint density at radius 1 is 1.19 bits per heavy atom. The van der Waals surface area contributed by atoms with E-state index >= 15 is 0 Å². The summed E-state index contributed by atoms with van der Waals surface area (Å²) in [6, 6.07) is 11.2. The Kier molecular flexibility index (Phi) is 4.61. The van der Waals surface area contributed by atoms with Gasteiger partial charge in [-0.15, -0.1) is 0 Å². The molecular formula is C18H23N3. The van der Waals surface area contributed by atoms with Crippen molar-refractivity contribution in [3.8, 4) is 0 Å². The fourth-order valence-electron chi connectivity index (χ4n) is 3.22. The van der Waals surface area contributed by atoms with Crippen LogP contribution in [0.15, 0.2) is 42.7 Å². The molecule has 0 aliphatic carbocycles. The third kappa shape index (κ3) is 3.88. The minimum atomic E-state index is 0.695. The highest BCUT2D eigenvalue weighted by atomic mass is 15.2. The largest absolute Gasteiger partial charge is 0.295 e. The SMILES string of the molecule is Cc1cc(CC[C@@H]2CCCN2Cc2ccccn2)ccn1. The molecule has 0 N–H and O–H groups in total. The van der Waals surface area contributed by atoms with Crippen molar-refractivity contribution in [2.24, 2.45) is 0 Å². The fraction of sp³-hybridized carbons (Fsp3) is 0.444. The lowest BCUT2D eigenvalue weighted by atomic mass is 10.0. The molecule has 1 saturated heterocycles. The predicted octanol–water partition coefficient (Wildman–Crippen LogP) is 3.38. The number of nitrogens with zero attached hydrogens (tertiary/aromatic N) is 3. The summed E-state index contributed by atoms with van der Waals surface area (Å²) in [5.74, 6) is 0. The van der Waals surface area contributed by atoms with Crippen LogP contribution in [0.1, 0.15) is 36.2 Å². The van der Waals surface area contributed by atoms with Crippen LogP contribution in [0, 0.1) is 6.92 Å². The van der Waals surface area contributed by atoms with Crippen LogP contribution in [0.25, 0.3) is 0 Å². The van der Waals surface area contributed by atoms with E-state index in [1.165, 1.54) is 37.1 Å². The number of likely N-dealkylation sites (tertiary alicyclic amines) is 1. The monoisotopic (exact) mass is 281 g/mol. The summed E-state index contributed by atoms with van der Waals surface area (Å²) in [6.07, 6.45) is 8.82. The minimum absolute atomic E-state index is 0.695. The third-order valence-electron chi connectivity index (χ3n) is 4.32. The van der Waals surface area contributed by atoms with Gasteiger partial charge in [0.2, 0.25) is 0 Å². The van der Waals surface area contributed by atoms with Crippen molar-refractivity contribution in [1.82, 2.24) is 14.9 Å². The highest BCUT2D eigenvalue weighted by Crippen LogP contribution is 2.23. The smallest absolute Gasteiger partial charge is 0.0544 e. The molecule has 0 saturated carbocycles. The Balaban J connectivity index is 1.57. The van der Waals surface area contributed by atoms with Gasteiger partial charge in [0.15, 0.2) is 0 Å². The summed E-state index contributed by atoms with van der Waals surface area (Å²) < 4.78 is 0. The van der Waals surface area contributed by atoms with Crippen molar-refractivity contribution >= 4 is 0 Å². The molecule has 1 aliphatic heterocycles. The maximum Gasteiger partial charge on any atom is 0.0544 e. The molecule has 3 rings (SSSR count). The van der Waals surface area contributed by atoms with Gasteiger partial charge in [-0.05, 0) is 69.0 Å². The Labute approximate surface area is 127 Å². The lowest BCUT2D eigenvalue weighted by molar-refractivity contribution is 0.232. The molecule has 21 heavy (non-hydrogen) atoms. The summed E-state index contributed by atoms with van der Waals surface area (Å²) >= 11 is 0. The van der Waals surface area contributed by atoms with Gasteiger partial charge in [0.1, 0.15) is 0 Å². The van der Waals surface area contributed by atoms with Gasteiger partial charge in [-0.3, -0.25) is 14.9 Å². The van der Waals surface area contributed by atoms with Gasteiger partial charge in [-0.1, -0.05) is 6.07 Å². The van der Waals surface area contributed by atoms with E-state index in [4.69, 9.17) is 0 Å². The molecule has 0 unspecified atom stereocenters. The van der Waals surface area contributed by atoms with E-state index in [2.05, 4.69) is 46.1 Å². The Hall–Kier alpha value is -1.74. The molecule has 0 amide bonds. The first-order valence-corrected chi connectivity index (χ1v) is 7.87. The predicted molar refractivity (Wildman–Crippen MR) is 85.0 cm³/mol. The summed E-state index contributed by atoms with van der Waals surface area (Å²) in [5.41, 5.74) is 3.71. The molecule has 2 aromatic heterocycles. The fourth-order valence-corrected chi connectivity index (χ4v) is 3.22. The molecule has 3 nitrogen and oxygen atoms in total. The van der Waals surface area contributed by atoms with Crippen LogP contribution < -0.4 is 0 Å². The van der Waals surface area contributed by atoms with Crippen LogP contribution in [0.5, 0.6) is 0 Å². The Morgan fingerprint density at radius 2 is 2.14 bits per heavy atom. The van der Waals surface area contributed by atoms with Crippen LogP contribution in [-0.4, -0.2) is 27.5 Å². The normalized spacial score (nSPS) is 19.0. The van der Waals surface area contributed by atoms with E-state index in [0.717, 1.165) is 18.7 Å². The number of aromatic nitrogens is 2. The first-order chi connectivity index (χ1) is 10.3. The van der Waals surface area contributed by atoms with Gasteiger partial charge in [0.05, 0.1) is 5.69 Å². The second-order valence-electron chi connectivity index (χ2n) is 5.93. The summed E-state index contributed by atoms with van der Waals surface area (Å²) in [7, 11) is 0. The molecule has 1 aliphatic rings. The van der Waals surface area contributed by atoms with E-state index in [0.29, 0.717) is 6.04 Å². The van der Waals surface area contributed by atoms with E-state index in [-0.39, 0.29) is 0 Å². The average molecular weight is 281 g/mol. The van der Waals surface area contributed by atoms with Crippen molar-refractivity contribution in [2.45, 2.75) is 45.2 Å². The van der Waals surface area contributed by atoms with Crippen LogP contribution in [0.2, 0.25) is 0 Å². The van der Waals surface area contributed by atoms with E-state index in [1.807, 2.05) is 18.5 Å². The number of hydrogen-bond donors (Lipinski definition) is 0. The number of hydrogen-bond acceptors (Lipinski definition) is 3. The first kappa shape index (κ1) is 14.2. The van der Waals surface area contributed by atoms with Gasteiger partial charge >= 0.3 is 0 Å². The maximum absolute atomic E-state index is 4.46. The van der Waals surface area contributed by atoms with E-state index in [9.17, 15) is 0 Å². The molecule has 3 heteroatoms. The second-order valence-corrected chi connectivity index (χ2v) is 5.93. The van der Waals surface area contributed by atoms with Gasteiger partial charge < -0.3 is 0 Å².